The van der Waals surface area contributed by atoms with E-state index in [9.17, 15) is 0 Å². The molecule has 0 aliphatic carbocycles. The van der Waals surface area contributed by atoms with Crippen molar-refractivity contribution in [3.63, 3.8) is 0 Å². The van der Waals surface area contributed by atoms with Crippen LogP contribution in [0.25, 0.3) is 0 Å². The molecule has 0 atom stereocenters. The van der Waals surface area contributed by atoms with Crippen LogP contribution in [-0.2, 0) is 6.54 Å². The van der Waals surface area contributed by atoms with Crippen LogP contribution in [0.3, 0.4) is 0 Å². The fourth-order valence-electron chi connectivity index (χ4n) is 2.45. The minimum atomic E-state index is 0.568. The number of aryl methyl sites for hydroxylation is 2. The third kappa shape index (κ3) is 4.44. The Balaban J connectivity index is 1.79. The van der Waals surface area contributed by atoms with Crippen LogP contribution in [0.4, 0.5) is 17.5 Å². The van der Waals surface area contributed by atoms with E-state index in [1.165, 1.54) is 0 Å². The molecular weight excluding hydrogens is 314 g/mol. The molecule has 128 valence electrons. The number of ether oxygens (including phenoxy) is 1. The molecule has 25 heavy (non-hydrogen) atoms. The number of hydrogen-bond donors (Lipinski definition) is 2. The summed E-state index contributed by atoms with van der Waals surface area (Å²) in [6, 6.07) is 11.8. The Kier molecular flexibility index (Phi) is 5.09. The van der Waals surface area contributed by atoms with Gasteiger partial charge in [-0.15, -0.1) is 0 Å². The lowest BCUT2D eigenvalue weighted by molar-refractivity contribution is 0.416. The second-order valence-electron chi connectivity index (χ2n) is 5.76. The minimum Gasteiger partial charge on any atom is -0.495 e. The normalized spacial score (nSPS) is 10.4. The van der Waals surface area contributed by atoms with Crippen molar-refractivity contribution in [1.82, 2.24) is 15.0 Å². The monoisotopic (exact) mass is 335 g/mol. The van der Waals surface area contributed by atoms with Gasteiger partial charge >= 0.3 is 0 Å². The maximum atomic E-state index is 5.41. The fourth-order valence-corrected chi connectivity index (χ4v) is 2.45. The Labute approximate surface area is 147 Å². The van der Waals surface area contributed by atoms with Gasteiger partial charge in [-0.05, 0) is 43.2 Å². The number of anilines is 3. The molecule has 0 unspecified atom stereocenters. The average molecular weight is 335 g/mol. The summed E-state index contributed by atoms with van der Waals surface area (Å²) >= 11 is 0. The van der Waals surface area contributed by atoms with E-state index in [0.717, 1.165) is 28.3 Å². The molecule has 0 saturated heterocycles. The summed E-state index contributed by atoms with van der Waals surface area (Å²) in [6.07, 6.45) is 3.57. The van der Waals surface area contributed by atoms with Crippen LogP contribution in [-0.4, -0.2) is 22.1 Å². The number of nitrogens with one attached hydrogen (secondary N) is 2. The highest BCUT2D eigenvalue weighted by molar-refractivity contribution is 5.65. The van der Waals surface area contributed by atoms with Gasteiger partial charge in [0.15, 0.2) is 0 Å². The van der Waals surface area contributed by atoms with Crippen LogP contribution < -0.4 is 15.4 Å². The van der Waals surface area contributed by atoms with Crippen molar-refractivity contribution in [3.8, 4) is 5.75 Å². The zero-order chi connectivity index (χ0) is 17.6. The lowest BCUT2D eigenvalue weighted by Gasteiger charge is -2.13. The molecule has 0 radical (unpaired) electrons. The predicted octanol–water partition coefficient (Wildman–Crippen LogP) is 3.85. The second-order valence-corrected chi connectivity index (χ2v) is 5.76. The maximum Gasteiger partial charge on any atom is 0.225 e. The van der Waals surface area contributed by atoms with Crippen LogP contribution in [0.5, 0.6) is 5.75 Å². The first-order chi connectivity index (χ1) is 12.1. The largest absolute Gasteiger partial charge is 0.495 e. The van der Waals surface area contributed by atoms with Crippen LogP contribution in [0.15, 0.2) is 48.8 Å². The molecule has 6 heteroatoms. The van der Waals surface area contributed by atoms with E-state index < -0.39 is 0 Å². The van der Waals surface area contributed by atoms with Gasteiger partial charge < -0.3 is 15.4 Å². The molecule has 3 aromatic rings. The molecule has 1 aromatic carbocycles. The van der Waals surface area contributed by atoms with E-state index in [-0.39, 0.29) is 0 Å². The third-order valence-corrected chi connectivity index (χ3v) is 3.65. The van der Waals surface area contributed by atoms with Gasteiger partial charge in [0.25, 0.3) is 0 Å². The predicted molar refractivity (Wildman–Crippen MR) is 99.3 cm³/mol. The van der Waals surface area contributed by atoms with Crippen LogP contribution >= 0.6 is 0 Å². The van der Waals surface area contributed by atoms with Crippen molar-refractivity contribution in [2.45, 2.75) is 20.4 Å². The molecule has 0 aliphatic heterocycles. The Morgan fingerprint density at radius 1 is 1.08 bits per heavy atom. The molecule has 3 rings (SSSR count). The highest BCUT2D eigenvalue weighted by atomic mass is 16.5. The topological polar surface area (TPSA) is 72.0 Å². The highest BCUT2D eigenvalue weighted by Gasteiger charge is 2.07. The van der Waals surface area contributed by atoms with Gasteiger partial charge in [0, 0.05) is 30.7 Å². The Morgan fingerprint density at radius 2 is 1.96 bits per heavy atom. The summed E-state index contributed by atoms with van der Waals surface area (Å²) in [5.41, 5.74) is 3.96. The second kappa shape index (κ2) is 7.61. The molecule has 0 saturated carbocycles. The molecule has 0 amide bonds. The van der Waals surface area contributed by atoms with Crippen molar-refractivity contribution in [3.05, 3.63) is 65.6 Å². The molecule has 6 nitrogen and oxygen atoms in total. The van der Waals surface area contributed by atoms with E-state index in [2.05, 4.69) is 25.6 Å². The van der Waals surface area contributed by atoms with Gasteiger partial charge in [0.1, 0.15) is 11.6 Å². The number of rotatable bonds is 6. The Morgan fingerprint density at radius 3 is 2.72 bits per heavy atom. The molecule has 0 aliphatic rings. The summed E-state index contributed by atoms with van der Waals surface area (Å²) < 4.78 is 5.41. The molecular formula is C19H21N5O. The number of pyridine rings is 1. The van der Waals surface area contributed by atoms with Crippen LogP contribution in [0.2, 0.25) is 0 Å². The average Bonchev–Trinajstić information content (AvgIpc) is 2.61. The van der Waals surface area contributed by atoms with E-state index >= 15 is 0 Å². The lowest BCUT2D eigenvalue weighted by atomic mass is 10.2. The summed E-state index contributed by atoms with van der Waals surface area (Å²) in [7, 11) is 1.65. The van der Waals surface area contributed by atoms with Gasteiger partial charge in [-0.3, -0.25) is 4.98 Å². The van der Waals surface area contributed by atoms with Crippen LogP contribution in [0, 0.1) is 13.8 Å². The lowest BCUT2D eigenvalue weighted by Crippen LogP contribution is -2.06. The van der Waals surface area contributed by atoms with Crippen LogP contribution in [0.1, 0.15) is 16.8 Å². The minimum absolute atomic E-state index is 0.568. The third-order valence-electron chi connectivity index (χ3n) is 3.65. The molecule has 0 bridgehead atoms. The summed E-state index contributed by atoms with van der Waals surface area (Å²) in [6.45, 7) is 4.59. The van der Waals surface area contributed by atoms with E-state index in [1.54, 1.807) is 13.3 Å². The summed E-state index contributed by atoms with van der Waals surface area (Å²) in [4.78, 5) is 13.1. The first-order valence-electron chi connectivity index (χ1n) is 8.04. The molecule has 2 N–H and O–H groups in total. The van der Waals surface area contributed by atoms with E-state index in [4.69, 9.17) is 4.74 Å². The first kappa shape index (κ1) is 16.7. The van der Waals surface area contributed by atoms with Crippen molar-refractivity contribution in [2.75, 3.05) is 17.7 Å². The highest BCUT2D eigenvalue weighted by Crippen LogP contribution is 2.28. The van der Waals surface area contributed by atoms with Crippen molar-refractivity contribution < 1.29 is 4.74 Å². The van der Waals surface area contributed by atoms with Crippen molar-refractivity contribution in [1.29, 1.82) is 0 Å². The molecule has 2 aromatic heterocycles. The van der Waals surface area contributed by atoms with Crippen molar-refractivity contribution in [2.24, 2.45) is 0 Å². The number of nitrogens with zero attached hydrogens (tertiary/aromatic N) is 3. The summed E-state index contributed by atoms with van der Waals surface area (Å²) in [5, 5.41) is 6.55. The fraction of sp³-hybridized carbons (Fsp3) is 0.211. The van der Waals surface area contributed by atoms with Gasteiger partial charge in [0.2, 0.25) is 5.95 Å². The maximum absolute atomic E-state index is 5.41. The Bertz CT molecular complexity index is 852. The molecule has 2 heterocycles. The Hall–Kier alpha value is -3.15. The zero-order valence-electron chi connectivity index (χ0n) is 14.6. The van der Waals surface area contributed by atoms with Crippen molar-refractivity contribution >= 4 is 17.5 Å². The summed E-state index contributed by atoms with van der Waals surface area (Å²) in [5.74, 6) is 2.05. The van der Waals surface area contributed by atoms with Gasteiger partial charge in [-0.2, -0.15) is 4.98 Å². The smallest absolute Gasteiger partial charge is 0.225 e. The first-order valence-corrected chi connectivity index (χ1v) is 8.04. The van der Waals surface area contributed by atoms with Gasteiger partial charge in [-0.1, -0.05) is 12.1 Å². The molecule has 0 fully saturated rings. The number of aromatic nitrogens is 3. The number of methoxy groups -OCH3 is 1. The molecule has 0 spiro atoms. The zero-order valence-corrected chi connectivity index (χ0v) is 14.6. The van der Waals surface area contributed by atoms with E-state index in [0.29, 0.717) is 18.3 Å². The van der Waals surface area contributed by atoms with Gasteiger partial charge in [-0.25, -0.2) is 4.98 Å². The standard InChI is InChI=1S/C19H21N5O/c1-13-6-7-17(25-3)16(9-13)23-18-10-14(2)22-19(24-18)21-12-15-5-4-8-20-11-15/h4-11H,12H2,1-3H3,(H2,21,22,23,24). The van der Waals surface area contributed by atoms with Gasteiger partial charge in [0.05, 0.1) is 12.8 Å². The number of benzene rings is 1. The van der Waals surface area contributed by atoms with E-state index in [1.807, 2.05) is 56.4 Å². The number of hydrogen-bond acceptors (Lipinski definition) is 6. The quantitative estimate of drug-likeness (QED) is 0.713. The SMILES string of the molecule is COc1ccc(C)cc1Nc1cc(C)nc(NCc2cccnc2)n1.